The van der Waals surface area contributed by atoms with Crippen molar-refractivity contribution in [2.24, 2.45) is 5.73 Å². The zero-order valence-corrected chi connectivity index (χ0v) is 15.6. The third kappa shape index (κ3) is 5.18. The first-order chi connectivity index (χ1) is 11.1. The van der Waals surface area contributed by atoms with Gasteiger partial charge >= 0.3 is 0 Å². The second kappa shape index (κ2) is 9.99. The van der Waals surface area contributed by atoms with Crippen LogP contribution in [-0.2, 0) is 11.3 Å². The van der Waals surface area contributed by atoms with Crippen LogP contribution >= 0.6 is 12.4 Å². The van der Waals surface area contributed by atoms with E-state index in [1.165, 1.54) is 0 Å². The number of nitrogens with zero attached hydrogens (tertiary/aromatic N) is 1. The van der Waals surface area contributed by atoms with E-state index in [2.05, 4.69) is 4.90 Å². The van der Waals surface area contributed by atoms with Gasteiger partial charge in [0.05, 0.1) is 12.7 Å². The molecule has 1 aliphatic rings. The van der Waals surface area contributed by atoms with Gasteiger partial charge in [-0.15, -0.1) is 12.4 Å². The monoisotopic (exact) mass is 356 g/mol. The zero-order valence-electron chi connectivity index (χ0n) is 14.8. The molecule has 6 heteroatoms. The fourth-order valence-electron chi connectivity index (χ4n) is 3.17. The van der Waals surface area contributed by atoms with Crippen LogP contribution in [0, 0.1) is 0 Å². The minimum absolute atomic E-state index is 0. The minimum atomic E-state index is 0. The highest BCUT2D eigenvalue weighted by molar-refractivity contribution is 5.94. The lowest BCUT2D eigenvalue weighted by molar-refractivity contribution is 0.00995. The van der Waals surface area contributed by atoms with Gasteiger partial charge in [-0.2, -0.15) is 0 Å². The predicted molar refractivity (Wildman–Crippen MR) is 98.1 cm³/mol. The Morgan fingerprint density at radius 3 is 2.75 bits per heavy atom. The predicted octanol–water partition coefficient (Wildman–Crippen LogP) is 2.65. The summed E-state index contributed by atoms with van der Waals surface area (Å²) in [5, 5.41) is 0. The van der Waals surface area contributed by atoms with E-state index in [0.29, 0.717) is 19.2 Å². The number of methoxy groups -OCH3 is 1. The molecule has 0 bridgehead atoms. The summed E-state index contributed by atoms with van der Waals surface area (Å²) >= 11 is 0. The van der Waals surface area contributed by atoms with Crippen LogP contribution in [0.15, 0.2) is 18.2 Å². The highest BCUT2D eigenvalue weighted by Gasteiger charge is 2.28. The summed E-state index contributed by atoms with van der Waals surface area (Å²) in [6.07, 6.45) is 2.24. The number of carbonyl (C=O) groups excluding carboxylic acids is 1. The first-order valence-electron chi connectivity index (χ1n) is 8.32. The summed E-state index contributed by atoms with van der Waals surface area (Å²) in [4.78, 5) is 14.0. The standard InChI is InChI=1S/C18H28N2O3.ClH/c1-4-23-18-6-5-14(13(2)21)9-15(18)12-20-8-7-17(22-3)10-16(20)11-19;/h5-6,9,16-17H,4,7-8,10-12,19H2,1-3H3;1H. The summed E-state index contributed by atoms with van der Waals surface area (Å²) in [7, 11) is 1.76. The Morgan fingerprint density at radius 1 is 1.42 bits per heavy atom. The van der Waals surface area contributed by atoms with Crippen molar-refractivity contribution in [1.29, 1.82) is 0 Å². The molecule has 2 atom stereocenters. The van der Waals surface area contributed by atoms with E-state index >= 15 is 0 Å². The Hall–Kier alpha value is -1.14. The van der Waals surface area contributed by atoms with Gasteiger partial charge in [-0.05, 0) is 44.9 Å². The number of carbonyl (C=O) groups is 1. The number of hydrogen-bond acceptors (Lipinski definition) is 5. The first-order valence-corrected chi connectivity index (χ1v) is 8.32. The topological polar surface area (TPSA) is 64.8 Å². The van der Waals surface area contributed by atoms with Crippen molar-refractivity contribution in [2.75, 3.05) is 26.8 Å². The fourth-order valence-corrected chi connectivity index (χ4v) is 3.17. The summed E-state index contributed by atoms with van der Waals surface area (Å²) in [5.41, 5.74) is 7.73. The maximum Gasteiger partial charge on any atom is 0.159 e. The fraction of sp³-hybridized carbons (Fsp3) is 0.611. The van der Waals surface area contributed by atoms with Crippen LogP contribution in [0.1, 0.15) is 42.6 Å². The van der Waals surface area contributed by atoms with Crippen molar-refractivity contribution in [3.8, 4) is 5.75 Å². The third-order valence-electron chi connectivity index (χ3n) is 4.54. The van der Waals surface area contributed by atoms with E-state index in [0.717, 1.165) is 42.8 Å². The largest absolute Gasteiger partial charge is 0.494 e. The molecule has 1 aliphatic heterocycles. The van der Waals surface area contributed by atoms with Crippen LogP contribution in [0.4, 0.5) is 0 Å². The lowest BCUT2D eigenvalue weighted by atomic mass is 9.97. The Labute approximate surface area is 150 Å². The molecular formula is C18H29ClN2O3. The third-order valence-corrected chi connectivity index (χ3v) is 4.54. The Balaban J connectivity index is 0.00000288. The summed E-state index contributed by atoms with van der Waals surface area (Å²) in [5.74, 6) is 0.921. The average molecular weight is 357 g/mol. The molecule has 1 heterocycles. The van der Waals surface area contributed by atoms with Gasteiger partial charge in [0.2, 0.25) is 0 Å². The lowest BCUT2D eigenvalue weighted by Gasteiger charge is -2.38. The molecule has 2 N–H and O–H groups in total. The average Bonchev–Trinajstić information content (AvgIpc) is 2.56. The molecule has 136 valence electrons. The van der Waals surface area contributed by atoms with E-state index in [9.17, 15) is 4.79 Å². The normalized spacial score (nSPS) is 21.2. The van der Waals surface area contributed by atoms with Gasteiger partial charge < -0.3 is 15.2 Å². The van der Waals surface area contributed by atoms with E-state index in [1.807, 2.05) is 25.1 Å². The SMILES string of the molecule is CCOc1ccc(C(C)=O)cc1CN1CCC(OC)CC1CN.Cl. The van der Waals surface area contributed by atoms with Gasteiger partial charge in [0.15, 0.2) is 5.78 Å². The number of hydrogen-bond donors (Lipinski definition) is 1. The molecule has 0 amide bonds. The highest BCUT2D eigenvalue weighted by atomic mass is 35.5. The maximum atomic E-state index is 11.7. The van der Waals surface area contributed by atoms with Crippen molar-refractivity contribution >= 4 is 18.2 Å². The van der Waals surface area contributed by atoms with Crippen molar-refractivity contribution in [3.05, 3.63) is 29.3 Å². The quantitative estimate of drug-likeness (QED) is 0.761. The number of rotatable bonds is 7. The van der Waals surface area contributed by atoms with Gasteiger partial charge in [0.1, 0.15) is 5.75 Å². The molecule has 0 aliphatic carbocycles. The van der Waals surface area contributed by atoms with E-state index in [1.54, 1.807) is 14.0 Å². The van der Waals surface area contributed by atoms with Gasteiger partial charge in [-0.3, -0.25) is 9.69 Å². The first kappa shape index (κ1) is 20.9. The smallest absolute Gasteiger partial charge is 0.159 e. The molecular weight excluding hydrogens is 328 g/mol. The van der Waals surface area contributed by atoms with Crippen molar-refractivity contribution in [2.45, 2.75) is 45.4 Å². The number of ether oxygens (including phenoxy) is 2. The number of ketones is 1. The van der Waals surface area contributed by atoms with E-state index < -0.39 is 0 Å². The minimum Gasteiger partial charge on any atom is -0.494 e. The molecule has 1 fully saturated rings. The van der Waals surface area contributed by atoms with E-state index in [4.69, 9.17) is 15.2 Å². The molecule has 0 saturated carbocycles. The van der Waals surface area contributed by atoms with Crippen LogP contribution in [0.3, 0.4) is 0 Å². The Morgan fingerprint density at radius 2 is 2.17 bits per heavy atom. The van der Waals surface area contributed by atoms with Crippen LogP contribution in [0.2, 0.25) is 0 Å². The van der Waals surface area contributed by atoms with Crippen LogP contribution < -0.4 is 10.5 Å². The maximum absolute atomic E-state index is 11.7. The Kier molecular flexibility index (Phi) is 8.70. The van der Waals surface area contributed by atoms with Crippen LogP contribution in [-0.4, -0.2) is 49.6 Å². The molecule has 5 nitrogen and oxygen atoms in total. The van der Waals surface area contributed by atoms with Crippen LogP contribution in [0.25, 0.3) is 0 Å². The number of likely N-dealkylation sites (tertiary alicyclic amines) is 1. The number of benzene rings is 1. The molecule has 24 heavy (non-hydrogen) atoms. The second-order valence-electron chi connectivity index (χ2n) is 6.05. The van der Waals surface area contributed by atoms with E-state index in [-0.39, 0.29) is 24.3 Å². The molecule has 1 saturated heterocycles. The van der Waals surface area contributed by atoms with Gasteiger partial charge in [0.25, 0.3) is 0 Å². The van der Waals surface area contributed by atoms with Gasteiger partial charge in [-0.1, -0.05) is 0 Å². The molecule has 0 spiro atoms. The van der Waals surface area contributed by atoms with Gasteiger partial charge in [-0.25, -0.2) is 0 Å². The number of piperidine rings is 1. The number of halogens is 1. The van der Waals surface area contributed by atoms with Crippen molar-refractivity contribution in [3.63, 3.8) is 0 Å². The Bertz CT molecular complexity index is 539. The molecule has 2 unspecified atom stereocenters. The number of Topliss-reactive ketones (excluding diaryl/α,β-unsaturated/α-hetero) is 1. The summed E-state index contributed by atoms with van der Waals surface area (Å²) in [6, 6.07) is 5.97. The molecule has 0 radical (unpaired) electrons. The van der Waals surface area contributed by atoms with Crippen LogP contribution in [0.5, 0.6) is 5.75 Å². The summed E-state index contributed by atoms with van der Waals surface area (Å²) < 4.78 is 11.2. The molecule has 2 rings (SSSR count). The zero-order chi connectivity index (χ0) is 16.8. The lowest BCUT2D eigenvalue weighted by Crippen LogP contribution is -2.48. The number of nitrogens with two attached hydrogens (primary N) is 1. The molecule has 0 aromatic heterocycles. The molecule has 1 aromatic carbocycles. The molecule has 1 aromatic rings. The van der Waals surface area contributed by atoms with Crippen molar-refractivity contribution < 1.29 is 14.3 Å². The second-order valence-corrected chi connectivity index (χ2v) is 6.05. The van der Waals surface area contributed by atoms with Gasteiger partial charge in [0, 0.05) is 43.9 Å². The highest BCUT2D eigenvalue weighted by Crippen LogP contribution is 2.26. The summed E-state index contributed by atoms with van der Waals surface area (Å²) in [6.45, 7) is 6.46. The van der Waals surface area contributed by atoms with Crippen molar-refractivity contribution in [1.82, 2.24) is 4.90 Å².